The van der Waals surface area contributed by atoms with Crippen molar-refractivity contribution in [2.24, 2.45) is 0 Å². The van der Waals surface area contributed by atoms with Crippen LogP contribution in [-0.4, -0.2) is 29.2 Å². The molecule has 0 bridgehead atoms. The molecular weight excluding hydrogens is 192 g/mol. The van der Waals surface area contributed by atoms with Crippen molar-refractivity contribution in [3.8, 4) is 0 Å². The second kappa shape index (κ2) is 4.44. The number of hydrogen-bond donors (Lipinski definition) is 2. The van der Waals surface area contributed by atoms with Crippen LogP contribution in [0.25, 0.3) is 0 Å². The summed E-state index contributed by atoms with van der Waals surface area (Å²) in [5.74, 6) is 1.11. The first-order valence-corrected chi connectivity index (χ1v) is 5.20. The maximum absolute atomic E-state index is 5.52. The zero-order valence-corrected chi connectivity index (χ0v) is 8.86. The summed E-state index contributed by atoms with van der Waals surface area (Å²) < 4.78 is 5.51. The SMILES string of the molecule is Cc1cnc(N)nc1NCC1CCCO1. The van der Waals surface area contributed by atoms with Gasteiger partial charge >= 0.3 is 0 Å². The summed E-state index contributed by atoms with van der Waals surface area (Å²) in [4.78, 5) is 8.05. The Balaban J connectivity index is 1.94. The van der Waals surface area contributed by atoms with Gasteiger partial charge in [0.1, 0.15) is 5.82 Å². The van der Waals surface area contributed by atoms with Crippen molar-refractivity contribution in [3.05, 3.63) is 11.8 Å². The third-order valence-corrected chi connectivity index (χ3v) is 2.51. The summed E-state index contributed by atoms with van der Waals surface area (Å²) in [6, 6.07) is 0. The van der Waals surface area contributed by atoms with E-state index in [2.05, 4.69) is 15.3 Å². The van der Waals surface area contributed by atoms with E-state index in [1.165, 1.54) is 0 Å². The van der Waals surface area contributed by atoms with Gasteiger partial charge in [-0.2, -0.15) is 4.98 Å². The van der Waals surface area contributed by atoms with Crippen molar-refractivity contribution in [1.82, 2.24) is 9.97 Å². The van der Waals surface area contributed by atoms with Crippen molar-refractivity contribution < 1.29 is 4.74 Å². The number of nitrogens with two attached hydrogens (primary N) is 1. The van der Waals surface area contributed by atoms with E-state index in [1.807, 2.05) is 6.92 Å². The van der Waals surface area contributed by atoms with Gasteiger partial charge in [0.2, 0.25) is 5.95 Å². The number of hydrogen-bond acceptors (Lipinski definition) is 5. The summed E-state index contributed by atoms with van der Waals surface area (Å²) in [6.45, 7) is 3.62. The number of anilines is 2. The van der Waals surface area contributed by atoms with Crippen LogP contribution in [0.3, 0.4) is 0 Å². The smallest absolute Gasteiger partial charge is 0.221 e. The summed E-state index contributed by atoms with van der Waals surface area (Å²) in [7, 11) is 0. The number of nitrogen functional groups attached to an aromatic ring is 1. The largest absolute Gasteiger partial charge is 0.376 e. The second-order valence-electron chi connectivity index (χ2n) is 3.78. The summed E-state index contributed by atoms with van der Waals surface area (Å²) in [5.41, 5.74) is 6.52. The number of nitrogens with zero attached hydrogens (tertiary/aromatic N) is 2. The van der Waals surface area contributed by atoms with E-state index in [0.717, 1.165) is 37.4 Å². The fraction of sp³-hybridized carbons (Fsp3) is 0.600. The summed E-state index contributed by atoms with van der Waals surface area (Å²) in [5, 5.41) is 3.24. The zero-order chi connectivity index (χ0) is 10.7. The molecule has 1 aromatic rings. The Kier molecular flexibility index (Phi) is 3.01. The van der Waals surface area contributed by atoms with Gasteiger partial charge in [-0.25, -0.2) is 4.98 Å². The highest BCUT2D eigenvalue weighted by molar-refractivity contribution is 5.45. The van der Waals surface area contributed by atoms with Gasteiger partial charge < -0.3 is 15.8 Å². The Hall–Kier alpha value is -1.36. The van der Waals surface area contributed by atoms with Crippen molar-refractivity contribution in [1.29, 1.82) is 0 Å². The average Bonchev–Trinajstić information content (AvgIpc) is 2.72. The molecule has 2 rings (SSSR count). The molecule has 1 unspecified atom stereocenters. The highest BCUT2D eigenvalue weighted by atomic mass is 16.5. The first-order valence-electron chi connectivity index (χ1n) is 5.20. The van der Waals surface area contributed by atoms with Crippen molar-refractivity contribution in [2.45, 2.75) is 25.9 Å². The molecule has 82 valence electrons. The predicted octanol–water partition coefficient (Wildman–Crippen LogP) is 0.958. The Morgan fingerprint density at radius 1 is 1.67 bits per heavy atom. The standard InChI is InChI=1S/C10H16N4O/c1-7-5-13-10(11)14-9(7)12-6-8-3-2-4-15-8/h5,8H,2-4,6H2,1H3,(H3,11,12,13,14). The maximum Gasteiger partial charge on any atom is 0.221 e. The minimum atomic E-state index is 0.301. The van der Waals surface area contributed by atoms with Crippen LogP contribution in [0.4, 0.5) is 11.8 Å². The van der Waals surface area contributed by atoms with Crippen LogP contribution in [0.15, 0.2) is 6.20 Å². The van der Waals surface area contributed by atoms with E-state index >= 15 is 0 Å². The van der Waals surface area contributed by atoms with Gasteiger partial charge in [0.05, 0.1) is 6.10 Å². The second-order valence-corrected chi connectivity index (χ2v) is 3.78. The van der Waals surface area contributed by atoms with Gasteiger partial charge in [0, 0.05) is 24.9 Å². The quantitative estimate of drug-likeness (QED) is 0.774. The average molecular weight is 208 g/mol. The normalized spacial score (nSPS) is 20.5. The Morgan fingerprint density at radius 3 is 3.27 bits per heavy atom. The Labute approximate surface area is 89.1 Å². The molecule has 0 radical (unpaired) electrons. The molecule has 1 aromatic heterocycles. The maximum atomic E-state index is 5.52. The molecule has 15 heavy (non-hydrogen) atoms. The molecule has 0 spiro atoms. The van der Waals surface area contributed by atoms with Crippen LogP contribution in [0, 0.1) is 6.92 Å². The number of rotatable bonds is 3. The molecule has 0 aliphatic carbocycles. The molecule has 1 aliphatic heterocycles. The lowest BCUT2D eigenvalue weighted by atomic mass is 10.2. The zero-order valence-electron chi connectivity index (χ0n) is 8.86. The molecule has 5 nitrogen and oxygen atoms in total. The van der Waals surface area contributed by atoms with Crippen LogP contribution in [0.2, 0.25) is 0 Å². The summed E-state index contributed by atoms with van der Waals surface area (Å²) >= 11 is 0. The molecule has 0 aromatic carbocycles. The van der Waals surface area contributed by atoms with E-state index in [4.69, 9.17) is 10.5 Å². The fourth-order valence-corrected chi connectivity index (χ4v) is 1.65. The minimum Gasteiger partial charge on any atom is -0.376 e. The van der Waals surface area contributed by atoms with Crippen LogP contribution in [0.1, 0.15) is 18.4 Å². The van der Waals surface area contributed by atoms with E-state index in [1.54, 1.807) is 6.20 Å². The van der Waals surface area contributed by atoms with Gasteiger partial charge in [-0.1, -0.05) is 0 Å². The van der Waals surface area contributed by atoms with E-state index in [9.17, 15) is 0 Å². The Bertz CT molecular complexity index is 336. The highest BCUT2D eigenvalue weighted by Crippen LogP contribution is 2.15. The van der Waals surface area contributed by atoms with Gasteiger partial charge in [-0.3, -0.25) is 0 Å². The van der Waals surface area contributed by atoms with Gasteiger partial charge in [-0.15, -0.1) is 0 Å². The third-order valence-electron chi connectivity index (χ3n) is 2.51. The van der Waals surface area contributed by atoms with Crippen LogP contribution >= 0.6 is 0 Å². The molecule has 0 amide bonds. The highest BCUT2D eigenvalue weighted by Gasteiger charge is 2.15. The number of nitrogens with one attached hydrogen (secondary N) is 1. The molecule has 1 saturated heterocycles. The Morgan fingerprint density at radius 2 is 2.53 bits per heavy atom. The monoisotopic (exact) mass is 208 g/mol. The van der Waals surface area contributed by atoms with Crippen molar-refractivity contribution in [2.75, 3.05) is 24.2 Å². The van der Waals surface area contributed by atoms with E-state index in [0.29, 0.717) is 12.1 Å². The lowest BCUT2D eigenvalue weighted by Crippen LogP contribution is -2.19. The minimum absolute atomic E-state index is 0.301. The number of aromatic nitrogens is 2. The van der Waals surface area contributed by atoms with E-state index < -0.39 is 0 Å². The lowest BCUT2D eigenvalue weighted by Gasteiger charge is -2.12. The molecule has 5 heteroatoms. The van der Waals surface area contributed by atoms with Crippen LogP contribution in [-0.2, 0) is 4.74 Å². The van der Waals surface area contributed by atoms with E-state index in [-0.39, 0.29) is 0 Å². The van der Waals surface area contributed by atoms with Gasteiger partial charge in [0.15, 0.2) is 0 Å². The first-order chi connectivity index (χ1) is 7.25. The molecular formula is C10H16N4O. The predicted molar refractivity (Wildman–Crippen MR) is 58.6 cm³/mol. The van der Waals surface area contributed by atoms with Crippen LogP contribution in [0.5, 0.6) is 0 Å². The molecule has 1 aliphatic rings. The molecule has 0 saturated carbocycles. The van der Waals surface area contributed by atoms with Crippen molar-refractivity contribution in [3.63, 3.8) is 0 Å². The van der Waals surface area contributed by atoms with Gasteiger partial charge in [-0.05, 0) is 19.8 Å². The molecule has 1 fully saturated rings. The topological polar surface area (TPSA) is 73.1 Å². The van der Waals surface area contributed by atoms with Gasteiger partial charge in [0.25, 0.3) is 0 Å². The number of aryl methyl sites for hydroxylation is 1. The fourth-order valence-electron chi connectivity index (χ4n) is 1.65. The molecule has 1 atom stereocenters. The number of ether oxygens (including phenoxy) is 1. The molecule has 3 N–H and O–H groups in total. The summed E-state index contributed by atoms with van der Waals surface area (Å²) in [6.07, 6.45) is 4.30. The van der Waals surface area contributed by atoms with Crippen molar-refractivity contribution >= 4 is 11.8 Å². The first kappa shape index (κ1) is 10.2. The molecule has 2 heterocycles. The third kappa shape index (κ3) is 2.56. The van der Waals surface area contributed by atoms with Crippen LogP contribution < -0.4 is 11.1 Å². The lowest BCUT2D eigenvalue weighted by molar-refractivity contribution is 0.120.